The molecule has 0 spiro atoms. The molecule has 8 heteroatoms. The van der Waals surface area contributed by atoms with E-state index in [9.17, 15) is 14.4 Å². The molecule has 1 aromatic rings. The summed E-state index contributed by atoms with van der Waals surface area (Å²) in [6.45, 7) is 11.1. The zero-order chi connectivity index (χ0) is 22.6. The van der Waals surface area contributed by atoms with Crippen LogP contribution in [-0.4, -0.2) is 66.9 Å². The highest BCUT2D eigenvalue weighted by atomic mass is 32.1. The third-order valence-corrected chi connectivity index (χ3v) is 7.47. The Kier molecular flexibility index (Phi) is 7.88. The van der Waals surface area contributed by atoms with Crippen molar-refractivity contribution in [3.05, 3.63) is 22.4 Å². The Hall–Kier alpha value is -1.77. The van der Waals surface area contributed by atoms with Crippen molar-refractivity contribution in [2.75, 3.05) is 26.2 Å². The molecule has 172 valence electrons. The number of hydrogen-bond acceptors (Lipinski definition) is 6. The average molecular weight is 450 g/mol. The van der Waals surface area contributed by atoms with Crippen molar-refractivity contribution in [3.8, 4) is 0 Å². The van der Waals surface area contributed by atoms with Gasteiger partial charge in [-0.25, -0.2) is 0 Å². The summed E-state index contributed by atoms with van der Waals surface area (Å²) in [6.07, 6.45) is 2.43. The Morgan fingerprint density at radius 3 is 2.61 bits per heavy atom. The van der Waals surface area contributed by atoms with Crippen molar-refractivity contribution in [2.24, 2.45) is 11.3 Å². The van der Waals surface area contributed by atoms with Crippen LogP contribution in [0.5, 0.6) is 0 Å². The minimum absolute atomic E-state index is 0.0207. The number of likely N-dealkylation sites (tertiary alicyclic amines) is 1. The molecule has 2 saturated heterocycles. The Bertz CT molecular complexity index is 772. The molecule has 2 amide bonds. The van der Waals surface area contributed by atoms with Crippen LogP contribution in [0.25, 0.3) is 0 Å². The lowest BCUT2D eigenvalue weighted by molar-refractivity contribution is -0.128. The quantitative estimate of drug-likeness (QED) is 0.605. The van der Waals surface area contributed by atoms with E-state index in [1.807, 2.05) is 5.38 Å². The maximum absolute atomic E-state index is 13.3. The molecule has 2 N–H and O–H groups in total. The van der Waals surface area contributed by atoms with Crippen LogP contribution >= 0.6 is 11.3 Å². The van der Waals surface area contributed by atoms with Gasteiger partial charge >= 0.3 is 0 Å². The molecule has 0 radical (unpaired) electrons. The lowest BCUT2D eigenvalue weighted by Crippen LogP contribution is -2.55. The topological polar surface area (TPSA) is 87.7 Å². The lowest BCUT2D eigenvalue weighted by atomic mass is 9.76. The SMILES string of the molecule is CC(C)C(C)(C)C[C@H](NC(=O)c1ccsc1)C(=O)NC1C(=O)COC1CN1CCCC1. The monoisotopic (exact) mass is 449 g/mol. The standard InChI is InChI=1S/C23H35N3O4S/c1-15(2)23(3,4)11-17(24-21(28)16-7-10-31-14-16)22(29)25-20-18(27)13-30-19(20)12-26-8-5-6-9-26/h7,10,14-15,17,19-20H,5-6,8-9,11-13H2,1-4H3,(H,24,28)(H,25,29)/t17-,19?,20?/m0/s1. The van der Waals surface area contributed by atoms with Crippen molar-refractivity contribution in [3.63, 3.8) is 0 Å². The zero-order valence-electron chi connectivity index (χ0n) is 19.0. The Morgan fingerprint density at radius 1 is 1.29 bits per heavy atom. The van der Waals surface area contributed by atoms with Crippen molar-refractivity contribution in [1.29, 1.82) is 0 Å². The summed E-state index contributed by atoms with van der Waals surface area (Å²) < 4.78 is 5.71. The first-order valence-corrected chi connectivity index (χ1v) is 12.1. The number of hydrogen-bond donors (Lipinski definition) is 2. The summed E-state index contributed by atoms with van der Waals surface area (Å²) >= 11 is 1.44. The molecule has 3 atom stereocenters. The summed E-state index contributed by atoms with van der Waals surface area (Å²) in [5.41, 5.74) is 0.368. The van der Waals surface area contributed by atoms with E-state index in [0.717, 1.165) is 25.9 Å². The maximum atomic E-state index is 13.3. The van der Waals surface area contributed by atoms with Gasteiger partial charge in [0.2, 0.25) is 5.91 Å². The first-order valence-electron chi connectivity index (χ1n) is 11.2. The number of ether oxygens (including phenoxy) is 1. The zero-order valence-corrected chi connectivity index (χ0v) is 19.8. The van der Waals surface area contributed by atoms with Crippen LogP contribution < -0.4 is 10.6 Å². The van der Waals surface area contributed by atoms with Gasteiger partial charge in [0.1, 0.15) is 18.7 Å². The molecular formula is C23H35N3O4S. The Morgan fingerprint density at radius 2 is 2.00 bits per heavy atom. The first-order chi connectivity index (χ1) is 14.7. The van der Waals surface area contributed by atoms with Crippen LogP contribution in [-0.2, 0) is 14.3 Å². The summed E-state index contributed by atoms with van der Waals surface area (Å²) in [5, 5.41) is 9.41. The van der Waals surface area contributed by atoms with Gasteiger partial charge in [0.15, 0.2) is 5.78 Å². The van der Waals surface area contributed by atoms with Gasteiger partial charge in [-0.1, -0.05) is 27.7 Å². The number of rotatable bonds is 9. The van der Waals surface area contributed by atoms with E-state index in [1.54, 1.807) is 11.4 Å². The van der Waals surface area contributed by atoms with Crippen molar-refractivity contribution < 1.29 is 19.1 Å². The number of carbonyl (C=O) groups excluding carboxylic acids is 3. The fourth-order valence-electron chi connectivity index (χ4n) is 3.99. The molecule has 7 nitrogen and oxygen atoms in total. The molecule has 2 unspecified atom stereocenters. The van der Waals surface area contributed by atoms with Crippen LogP contribution in [0.3, 0.4) is 0 Å². The van der Waals surface area contributed by atoms with Gasteiger partial charge in [-0.05, 0) is 55.1 Å². The molecule has 2 fully saturated rings. The van der Waals surface area contributed by atoms with Gasteiger partial charge in [-0.3, -0.25) is 14.4 Å². The van der Waals surface area contributed by atoms with Crippen molar-refractivity contribution in [1.82, 2.24) is 15.5 Å². The second-order valence-electron chi connectivity index (χ2n) is 9.70. The molecule has 0 aromatic carbocycles. The molecule has 3 rings (SSSR count). The average Bonchev–Trinajstić information content (AvgIpc) is 3.46. The molecule has 2 aliphatic rings. The van der Waals surface area contributed by atoms with Crippen molar-refractivity contribution in [2.45, 2.75) is 65.1 Å². The van der Waals surface area contributed by atoms with Crippen LogP contribution in [0.15, 0.2) is 16.8 Å². The minimum atomic E-state index is -0.731. The largest absolute Gasteiger partial charge is 0.366 e. The highest BCUT2D eigenvalue weighted by molar-refractivity contribution is 7.08. The number of thiophene rings is 1. The summed E-state index contributed by atoms with van der Waals surface area (Å²) in [4.78, 5) is 40.7. The highest BCUT2D eigenvalue weighted by Gasteiger charge is 2.40. The molecule has 0 aliphatic carbocycles. The summed E-state index contributed by atoms with van der Waals surface area (Å²) in [5.74, 6) is -0.389. The molecule has 0 bridgehead atoms. The van der Waals surface area contributed by atoms with E-state index in [1.165, 1.54) is 11.3 Å². The normalized spacial score (nSPS) is 23.3. The van der Waals surface area contributed by atoms with Gasteiger partial charge in [0.25, 0.3) is 5.91 Å². The smallest absolute Gasteiger partial charge is 0.252 e. The fraction of sp³-hybridized carbons (Fsp3) is 0.696. The predicted molar refractivity (Wildman–Crippen MR) is 121 cm³/mol. The summed E-state index contributed by atoms with van der Waals surface area (Å²) in [6, 6.07) is 0.338. The molecule has 2 aliphatic heterocycles. The van der Waals surface area contributed by atoms with E-state index < -0.39 is 12.1 Å². The third-order valence-electron chi connectivity index (χ3n) is 6.79. The van der Waals surface area contributed by atoms with Gasteiger partial charge in [0, 0.05) is 11.9 Å². The van der Waals surface area contributed by atoms with Gasteiger partial charge in [-0.2, -0.15) is 11.3 Å². The molecule has 31 heavy (non-hydrogen) atoms. The highest BCUT2D eigenvalue weighted by Crippen LogP contribution is 2.31. The number of nitrogens with zero attached hydrogens (tertiary/aromatic N) is 1. The number of amides is 2. The Labute approximate surface area is 188 Å². The second kappa shape index (κ2) is 10.2. The minimum Gasteiger partial charge on any atom is -0.366 e. The van der Waals surface area contributed by atoms with Crippen LogP contribution in [0.2, 0.25) is 0 Å². The number of carbonyl (C=O) groups is 3. The van der Waals surface area contributed by atoms with Gasteiger partial charge < -0.3 is 20.3 Å². The number of Topliss-reactive ketones (excluding diaryl/α,β-unsaturated/α-hetero) is 1. The number of nitrogens with one attached hydrogen (secondary N) is 2. The first kappa shape index (κ1) is 23.9. The van der Waals surface area contributed by atoms with E-state index in [-0.39, 0.29) is 35.7 Å². The molecule has 0 saturated carbocycles. The van der Waals surface area contributed by atoms with E-state index in [4.69, 9.17) is 4.74 Å². The number of ketones is 1. The van der Waals surface area contributed by atoms with E-state index >= 15 is 0 Å². The van der Waals surface area contributed by atoms with Gasteiger partial charge in [0.05, 0.1) is 11.7 Å². The second-order valence-corrected chi connectivity index (χ2v) is 10.5. The predicted octanol–water partition coefficient (Wildman–Crippen LogP) is 2.47. The third kappa shape index (κ3) is 6.14. The molecule has 3 heterocycles. The molecular weight excluding hydrogens is 414 g/mol. The van der Waals surface area contributed by atoms with Crippen molar-refractivity contribution >= 4 is 28.9 Å². The lowest BCUT2D eigenvalue weighted by Gasteiger charge is -2.34. The van der Waals surface area contributed by atoms with Crippen LogP contribution in [0, 0.1) is 11.3 Å². The van der Waals surface area contributed by atoms with E-state index in [0.29, 0.717) is 24.4 Å². The van der Waals surface area contributed by atoms with Crippen LogP contribution in [0.1, 0.15) is 57.3 Å². The summed E-state index contributed by atoms with van der Waals surface area (Å²) in [7, 11) is 0. The maximum Gasteiger partial charge on any atom is 0.252 e. The molecule has 1 aromatic heterocycles. The van der Waals surface area contributed by atoms with Gasteiger partial charge in [-0.15, -0.1) is 0 Å². The Balaban J connectivity index is 1.71. The fourth-order valence-corrected chi connectivity index (χ4v) is 4.63. The van der Waals surface area contributed by atoms with Crippen LogP contribution in [0.4, 0.5) is 0 Å². The van der Waals surface area contributed by atoms with E-state index in [2.05, 4.69) is 43.2 Å².